The molecule has 0 fully saturated rings. The average molecular weight is 159 g/mol. The predicted molar refractivity (Wildman–Crippen MR) is 29.8 cm³/mol. The van der Waals surface area contributed by atoms with Crippen LogP contribution in [0.15, 0.2) is 10.7 Å². The molecule has 0 N–H and O–H groups in total. The van der Waals surface area contributed by atoms with Crippen LogP contribution in [0.4, 0.5) is 11.8 Å². The fourth-order valence-electron chi connectivity index (χ4n) is 0.424. The van der Waals surface area contributed by atoms with Gasteiger partial charge in [0.15, 0.2) is 6.26 Å². The number of rotatable bonds is 2. The molecule has 1 aromatic rings. The van der Waals surface area contributed by atoms with Gasteiger partial charge in [-0.3, -0.25) is 0 Å². The van der Waals surface area contributed by atoms with Crippen molar-refractivity contribution in [2.24, 2.45) is 0 Å². The van der Waals surface area contributed by atoms with Gasteiger partial charge in [-0.25, -0.2) is 0 Å². The molecule has 0 amide bonds. The van der Waals surface area contributed by atoms with Crippen molar-refractivity contribution in [1.82, 2.24) is 4.98 Å². The summed E-state index contributed by atoms with van der Waals surface area (Å²) in [7, 11) is 0. The summed E-state index contributed by atoms with van der Waals surface area (Å²) in [5, 5.41) is 19.8. The first kappa shape index (κ1) is 7.12. The molecule has 1 aromatic heterocycles. The van der Waals surface area contributed by atoms with Crippen molar-refractivity contribution in [2.45, 2.75) is 0 Å². The van der Waals surface area contributed by atoms with E-state index in [1.54, 1.807) is 0 Å². The van der Waals surface area contributed by atoms with Crippen LogP contribution < -0.4 is 0 Å². The smallest absolute Gasteiger partial charge is 0.385 e. The predicted octanol–water partition coefficient (Wildman–Crippen LogP) is 0.491. The Morgan fingerprint density at radius 1 is 1.36 bits per heavy atom. The van der Waals surface area contributed by atoms with Gasteiger partial charge in [-0.05, 0) is 4.92 Å². The first-order valence-electron chi connectivity index (χ1n) is 2.35. The third-order valence-corrected chi connectivity index (χ3v) is 0.823. The van der Waals surface area contributed by atoms with Crippen LogP contribution >= 0.6 is 0 Å². The monoisotopic (exact) mass is 159 g/mol. The topological polar surface area (TPSA) is 112 Å². The lowest BCUT2D eigenvalue weighted by Crippen LogP contribution is -1.90. The lowest BCUT2D eigenvalue weighted by Gasteiger charge is -1.81. The van der Waals surface area contributed by atoms with Crippen molar-refractivity contribution < 1.29 is 14.3 Å². The van der Waals surface area contributed by atoms with E-state index in [0.29, 0.717) is 6.26 Å². The van der Waals surface area contributed by atoms with Crippen LogP contribution in [0.5, 0.6) is 0 Å². The molecule has 1 rings (SSSR count). The molecule has 0 atom stereocenters. The maximum atomic E-state index is 9.90. The second kappa shape index (κ2) is 2.33. The van der Waals surface area contributed by atoms with Crippen molar-refractivity contribution in [3.05, 3.63) is 26.5 Å². The normalized spacial score (nSPS) is 9.45. The van der Waals surface area contributed by atoms with Crippen LogP contribution in [0.1, 0.15) is 0 Å². The zero-order chi connectivity index (χ0) is 8.43. The molecule has 0 aliphatic heterocycles. The highest BCUT2D eigenvalue weighted by Gasteiger charge is 2.19. The molecule has 0 bridgehead atoms. The summed E-state index contributed by atoms with van der Waals surface area (Å²) in [6, 6.07) is -0.878. The quantitative estimate of drug-likeness (QED) is 0.458. The minimum Gasteiger partial charge on any atom is -0.385 e. The third-order valence-electron chi connectivity index (χ3n) is 0.823. The standard InChI is InChI=1S/C3HN3O5/c7-5(8)2-1-11-3(4-2)6(9)10/h1H. The summed E-state index contributed by atoms with van der Waals surface area (Å²) in [4.78, 5) is 20.9. The van der Waals surface area contributed by atoms with Crippen molar-refractivity contribution in [2.75, 3.05) is 0 Å². The van der Waals surface area contributed by atoms with E-state index in [1.165, 1.54) is 0 Å². The number of nitrogens with zero attached hydrogens (tertiary/aromatic N) is 3. The van der Waals surface area contributed by atoms with Gasteiger partial charge in [0.25, 0.3) is 0 Å². The minimum atomic E-state index is -0.951. The zero-order valence-electron chi connectivity index (χ0n) is 4.96. The van der Waals surface area contributed by atoms with E-state index in [9.17, 15) is 20.2 Å². The highest BCUT2D eigenvalue weighted by atomic mass is 16.7. The molecule has 8 nitrogen and oxygen atoms in total. The third kappa shape index (κ3) is 1.28. The van der Waals surface area contributed by atoms with Gasteiger partial charge in [0.2, 0.25) is 0 Å². The number of oxazole rings is 1. The number of nitro groups is 2. The van der Waals surface area contributed by atoms with Gasteiger partial charge in [-0.1, -0.05) is 0 Å². The Balaban J connectivity index is 2.99. The highest BCUT2D eigenvalue weighted by Crippen LogP contribution is 2.15. The highest BCUT2D eigenvalue weighted by molar-refractivity contribution is 5.16. The van der Waals surface area contributed by atoms with E-state index in [4.69, 9.17) is 0 Å². The SMILES string of the molecule is O=[N+]([O-])c1coc([N+](=O)[O-])n1. The van der Waals surface area contributed by atoms with Gasteiger partial charge < -0.3 is 24.6 Å². The Morgan fingerprint density at radius 2 is 2.00 bits per heavy atom. The Kier molecular flexibility index (Phi) is 1.51. The molecule has 0 radical (unpaired) electrons. The summed E-state index contributed by atoms with van der Waals surface area (Å²) in [5.41, 5.74) is 0. The van der Waals surface area contributed by atoms with Gasteiger partial charge in [0.1, 0.15) is 0 Å². The molecular formula is C3HN3O5. The van der Waals surface area contributed by atoms with Gasteiger partial charge >= 0.3 is 11.8 Å². The Morgan fingerprint density at radius 3 is 2.27 bits per heavy atom. The molecule has 1 heterocycles. The molecule has 0 unspecified atom stereocenters. The van der Waals surface area contributed by atoms with Crippen LogP contribution in [-0.2, 0) is 0 Å². The van der Waals surface area contributed by atoms with Gasteiger partial charge in [0.05, 0.1) is 4.98 Å². The summed E-state index contributed by atoms with van der Waals surface area (Å²) >= 11 is 0. The molecule has 0 saturated carbocycles. The molecular weight excluding hydrogens is 158 g/mol. The van der Waals surface area contributed by atoms with Gasteiger partial charge in [-0.2, -0.15) is 0 Å². The maximum Gasteiger partial charge on any atom is 0.550 e. The first-order valence-corrected chi connectivity index (χ1v) is 2.35. The summed E-state index contributed by atoms with van der Waals surface area (Å²) < 4.78 is 4.14. The Hall–Kier alpha value is -1.99. The van der Waals surface area contributed by atoms with E-state index in [0.717, 1.165) is 0 Å². The molecule has 58 valence electrons. The van der Waals surface area contributed by atoms with Crippen LogP contribution in [0.3, 0.4) is 0 Å². The minimum absolute atomic E-state index is 0.609. The second-order valence-corrected chi connectivity index (χ2v) is 1.50. The van der Waals surface area contributed by atoms with Gasteiger partial charge in [0, 0.05) is 4.92 Å². The lowest BCUT2D eigenvalue weighted by atomic mass is 10.8. The molecule has 8 heteroatoms. The maximum absolute atomic E-state index is 9.90. The fourth-order valence-corrected chi connectivity index (χ4v) is 0.424. The summed E-state index contributed by atoms with van der Waals surface area (Å²) in [6.45, 7) is 0. The first-order chi connectivity index (χ1) is 5.11. The van der Waals surface area contributed by atoms with E-state index in [-0.39, 0.29) is 0 Å². The van der Waals surface area contributed by atoms with Crippen molar-refractivity contribution in [3.63, 3.8) is 0 Å². The van der Waals surface area contributed by atoms with Crippen molar-refractivity contribution >= 4 is 11.8 Å². The van der Waals surface area contributed by atoms with Crippen LogP contribution in [0, 0.1) is 20.2 Å². The number of aromatic nitrogens is 1. The average Bonchev–Trinajstić information content (AvgIpc) is 2.33. The van der Waals surface area contributed by atoms with Crippen LogP contribution in [-0.4, -0.2) is 14.8 Å². The van der Waals surface area contributed by atoms with Crippen molar-refractivity contribution in [3.8, 4) is 0 Å². The van der Waals surface area contributed by atoms with E-state index in [1.807, 2.05) is 0 Å². The molecule has 0 aliphatic carbocycles. The largest absolute Gasteiger partial charge is 0.550 e. The molecule has 0 aliphatic rings. The molecule has 0 spiro atoms. The number of hydrogen-bond acceptors (Lipinski definition) is 6. The van der Waals surface area contributed by atoms with Crippen molar-refractivity contribution in [1.29, 1.82) is 0 Å². The van der Waals surface area contributed by atoms with Crippen LogP contribution in [0.25, 0.3) is 0 Å². The van der Waals surface area contributed by atoms with Gasteiger partial charge in [-0.15, -0.1) is 0 Å². The zero-order valence-corrected chi connectivity index (χ0v) is 4.96. The summed E-state index contributed by atoms with van der Waals surface area (Å²) in [6.07, 6.45) is 0.609. The molecule has 0 saturated heterocycles. The Bertz CT molecular complexity index is 275. The summed E-state index contributed by atoms with van der Waals surface area (Å²) in [5.74, 6) is -0.670. The van der Waals surface area contributed by atoms with E-state index < -0.39 is 21.7 Å². The Labute approximate surface area is 58.8 Å². The van der Waals surface area contributed by atoms with Crippen LogP contribution in [0.2, 0.25) is 0 Å². The number of hydrogen-bond donors (Lipinski definition) is 0. The van der Waals surface area contributed by atoms with E-state index >= 15 is 0 Å². The molecule has 11 heavy (non-hydrogen) atoms. The molecule has 0 aromatic carbocycles. The van der Waals surface area contributed by atoms with E-state index in [2.05, 4.69) is 9.40 Å². The lowest BCUT2D eigenvalue weighted by molar-refractivity contribution is -0.410. The second-order valence-electron chi connectivity index (χ2n) is 1.50. The fraction of sp³-hybridized carbons (Fsp3) is 0.